The monoisotopic (exact) mass is 286 g/mol. The molecule has 1 N–H and O–H groups in total. The highest BCUT2D eigenvalue weighted by Crippen LogP contribution is 2.18. The van der Waals surface area contributed by atoms with Gasteiger partial charge in [0.1, 0.15) is 6.04 Å². The molecule has 1 atom stereocenters. The zero-order chi connectivity index (χ0) is 14.6. The molecule has 2 aromatic rings. The van der Waals surface area contributed by atoms with Crippen LogP contribution >= 0.6 is 0 Å². The van der Waals surface area contributed by atoms with Gasteiger partial charge in [-0.3, -0.25) is 0 Å². The Morgan fingerprint density at radius 1 is 1.05 bits per heavy atom. The van der Waals surface area contributed by atoms with E-state index in [4.69, 9.17) is 0 Å². The van der Waals surface area contributed by atoms with Crippen LogP contribution in [-0.4, -0.2) is 8.42 Å². The van der Waals surface area contributed by atoms with E-state index in [1.807, 2.05) is 12.1 Å². The predicted molar refractivity (Wildman–Crippen MR) is 76.3 cm³/mol. The third kappa shape index (κ3) is 3.05. The van der Waals surface area contributed by atoms with Crippen LogP contribution in [0.2, 0.25) is 0 Å². The lowest BCUT2D eigenvalue weighted by molar-refractivity contribution is 0.575. The zero-order valence-electron chi connectivity index (χ0n) is 10.9. The third-order valence-electron chi connectivity index (χ3n) is 2.92. The van der Waals surface area contributed by atoms with Gasteiger partial charge in [-0.25, -0.2) is 8.42 Å². The fraction of sp³-hybridized carbons (Fsp3) is 0.133. The maximum absolute atomic E-state index is 12.3. The smallest absolute Gasteiger partial charge is 0.207 e. The molecule has 0 heterocycles. The Bertz CT molecular complexity index is 734. The van der Waals surface area contributed by atoms with Gasteiger partial charge in [-0.2, -0.15) is 9.98 Å². The van der Waals surface area contributed by atoms with Crippen LogP contribution in [-0.2, 0) is 10.0 Å². The van der Waals surface area contributed by atoms with Gasteiger partial charge >= 0.3 is 0 Å². The molecule has 20 heavy (non-hydrogen) atoms. The second kappa shape index (κ2) is 5.87. The molecule has 4 nitrogen and oxygen atoms in total. The van der Waals surface area contributed by atoms with Crippen molar-refractivity contribution in [2.75, 3.05) is 0 Å². The van der Waals surface area contributed by atoms with Crippen LogP contribution in [0.15, 0.2) is 59.5 Å². The van der Waals surface area contributed by atoms with E-state index in [0.717, 1.165) is 0 Å². The summed E-state index contributed by atoms with van der Waals surface area (Å²) in [6, 6.07) is 16.5. The summed E-state index contributed by atoms with van der Waals surface area (Å²) < 4.78 is 27.1. The molecule has 0 radical (unpaired) electrons. The zero-order valence-corrected chi connectivity index (χ0v) is 11.8. The molecule has 0 aliphatic heterocycles. The van der Waals surface area contributed by atoms with Crippen molar-refractivity contribution in [2.45, 2.75) is 17.9 Å². The number of benzene rings is 2. The molecule has 0 fully saturated rings. The highest BCUT2D eigenvalue weighted by atomic mass is 32.2. The standard InChI is InChI=1S/C15H14N2O2S/c1-12-7-5-6-10-15(12)20(18,19)17-14(11-16)13-8-3-2-4-9-13/h2-10,14,17H,1H3. The molecular weight excluding hydrogens is 272 g/mol. The average molecular weight is 286 g/mol. The van der Waals surface area contributed by atoms with E-state index in [2.05, 4.69) is 4.72 Å². The van der Waals surface area contributed by atoms with Gasteiger partial charge in [0.05, 0.1) is 11.0 Å². The molecule has 0 saturated carbocycles. The van der Waals surface area contributed by atoms with Crippen molar-refractivity contribution in [1.29, 1.82) is 5.26 Å². The van der Waals surface area contributed by atoms with E-state index in [0.29, 0.717) is 11.1 Å². The van der Waals surface area contributed by atoms with Crippen molar-refractivity contribution in [3.63, 3.8) is 0 Å². The molecule has 2 aromatic carbocycles. The van der Waals surface area contributed by atoms with E-state index in [9.17, 15) is 13.7 Å². The SMILES string of the molecule is Cc1ccccc1S(=O)(=O)NC(C#N)c1ccccc1. The fourth-order valence-electron chi connectivity index (χ4n) is 1.89. The summed E-state index contributed by atoms with van der Waals surface area (Å²) in [6.45, 7) is 1.72. The summed E-state index contributed by atoms with van der Waals surface area (Å²) in [4.78, 5) is 0.191. The van der Waals surface area contributed by atoms with Crippen molar-refractivity contribution >= 4 is 10.0 Å². The molecule has 1 unspecified atom stereocenters. The predicted octanol–water partition coefficient (Wildman–Crippen LogP) is 2.54. The van der Waals surface area contributed by atoms with E-state index in [-0.39, 0.29) is 4.90 Å². The minimum atomic E-state index is -3.72. The lowest BCUT2D eigenvalue weighted by Crippen LogP contribution is -2.28. The molecule has 0 spiro atoms. The van der Waals surface area contributed by atoms with Crippen LogP contribution < -0.4 is 4.72 Å². The highest BCUT2D eigenvalue weighted by molar-refractivity contribution is 7.89. The Labute approximate surface area is 118 Å². The van der Waals surface area contributed by atoms with Gasteiger partial charge in [-0.15, -0.1) is 0 Å². The van der Waals surface area contributed by atoms with Gasteiger partial charge in [-0.05, 0) is 24.1 Å². The number of nitrogens with one attached hydrogen (secondary N) is 1. The number of nitrogens with zero attached hydrogens (tertiary/aromatic N) is 1. The molecule has 0 amide bonds. The first-order chi connectivity index (χ1) is 9.54. The largest absolute Gasteiger partial charge is 0.242 e. The van der Waals surface area contributed by atoms with Gasteiger partial charge < -0.3 is 0 Å². The summed E-state index contributed by atoms with van der Waals surface area (Å²) in [5.74, 6) is 0. The number of nitriles is 1. The molecule has 0 aromatic heterocycles. The fourth-order valence-corrected chi connectivity index (χ4v) is 3.27. The van der Waals surface area contributed by atoms with Gasteiger partial charge in [0.25, 0.3) is 0 Å². The number of aryl methyl sites for hydroxylation is 1. The summed E-state index contributed by atoms with van der Waals surface area (Å²) in [5.41, 5.74) is 1.26. The molecule has 2 rings (SSSR count). The number of rotatable bonds is 4. The van der Waals surface area contributed by atoms with Gasteiger partial charge in [0.2, 0.25) is 10.0 Å². The van der Waals surface area contributed by atoms with Crippen LogP contribution in [0, 0.1) is 18.3 Å². The Balaban J connectivity index is 2.33. The topological polar surface area (TPSA) is 70.0 Å². The van der Waals surface area contributed by atoms with Crippen molar-refractivity contribution in [1.82, 2.24) is 4.72 Å². The van der Waals surface area contributed by atoms with Crippen LogP contribution in [0.25, 0.3) is 0 Å². The Morgan fingerprint density at radius 2 is 1.65 bits per heavy atom. The maximum atomic E-state index is 12.3. The van der Waals surface area contributed by atoms with Crippen LogP contribution in [0.4, 0.5) is 0 Å². The molecule has 0 bridgehead atoms. The number of hydrogen-bond acceptors (Lipinski definition) is 3. The molecule has 102 valence electrons. The molecule has 5 heteroatoms. The van der Waals surface area contributed by atoms with Gasteiger partial charge in [-0.1, -0.05) is 48.5 Å². The van der Waals surface area contributed by atoms with Crippen LogP contribution in [0.5, 0.6) is 0 Å². The third-order valence-corrected chi connectivity index (χ3v) is 4.50. The first kappa shape index (κ1) is 14.3. The molecule has 0 aliphatic carbocycles. The number of sulfonamides is 1. The summed E-state index contributed by atoms with van der Waals surface area (Å²) in [7, 11) is -3.72. The highest BCUT2D eigenvalue weighted by Gasteiger charge is 2.22. The summed E-state index contributed by atoms with van der Waals surface area (Å²) in [5, 5.41) is 9.18. The van der Waals surface area contributed by atoms with E-state index < -0.39 is 16.1 Å². The van der Waals surface area contributed by atoms with Crippen molar-refractivity contribution in [3.8, 4) is 6.07 Å². The first-order valence-corrected chi connectivity index (χ1v) is 7.55. The average Bonchev–Trinajstić information content (AvgIpc) is 2.46. The number of hydrogen-bond donors (Lipinski definition) is 1. The minimum absolute atomic E-state index is 0.191. The summed E-state index contributed by atoms with van der Waals surface area (Å²) in [6.07, 6.45) is 0. The molecule has 0 aliphatic rings. The Kier molecular flexibility index (Phi) is 4.18. The second-order valence-corrected chi connectivity index (χ2v) is 6.04. The summed E-state index contributed by atoms with van der Waals surface area (Å²) >= 11 is 0. The Morgan fingerprint density at radius 3 is 2.25 bits per heavy atom. The second-order valence-electron chi connectivity index (χ2n) is 4.36. The normalized spacial score (nSPS) is 12.6. The van der Waals surface area contributed by atoms with Crippen LogP contribution in [0.1, 0.15) is 17.2 Å². The molecule has 0 saturated heterocycles. The van der Waals surface area contributed by atoms with E-state index in [1.165, 1.54) is 6.07 Å². The van der Waals surface area contributed by atoms with Crippen LogP contribution in [0.3, 0.4) is 0 Å². The van der Waals surface area contributed by atoms with E-state index in [1.54, 1.807) is 49.4 Å². The quantitative estimate of drug-likeness (QED) is 0.939. The molecular formula is C15H14N2O2S. The van der Waals surface area contributed by atoms with Gasteiger partial charge in [0, 0.05) is 0 Å². The lowest BCUT2D eigenvalue weighted by Gasteiger charge is -2.13. The Hall–Kier alpha value is -2.16. The minimum Gasteiger partial charge on any atom is -0.207 e. The van der Waals surface area contributed by atoms with Gasteiger partial charge in [0.15, 0.2) is 0 Å². The van der Waals surface area contributed by atoms with Crippen molar-refractivity contribution in [2.24, 2.45) is 0 Å². The lowest BCUT2D eigenvalue weighted by atomic mass is 10.1. The maximum Gasteiger partial charge on any atom is 0.242 e. The van der Waals surface area contributed by atoms with Crippen molar-refractivity contribution in [3.05, 3.63) is 65.7 Å². The first-order valence-electron chi connectivity index (χ1n) is 6.07. The van der Waals surface area contributed by atoms with E-state index >= 15 is 0 Å². The van der Waals surface area contributed by atoms with Crippen molar-refractivity contribution < 1.29 is 8.42 Å².